The molecule has 0 heterocycles. The summed E-state index contributed by atoms with van der Waals surface area (Å²) in [6.07, 6.45) is 14.7. The van der Waals surface area contributed by atoms with E-state index in [4.69, 9.17) is 0 Å². The summed E-state index contributed by atoms with van der Waals surface area (Å²) in [5.41, 5.74) is 0. The molecular weight excluding hydrogens is 446 g/mol. The molecule has 0 radical (unpaired) electrons. The topological polar surface area (TPSA) is 115 Å². The minimum absolute atomic E-state index is 0.210. The Balaban J connectivity index is 5.65. The lowest BCUT2D eigenvalue weighted by Crippen LogP contribution is -2.74. The summed E-state index contributed by atoms with van der Waals surface area (Å²) < 4.78 is -0.431. The maximum Gasteiger partial charge on any atom is 0.362 e. The first-order valence-corrected chi connectivity index (χ1v) is 14.3. The third-order valence-electron chi connectivity index (χ3n) is 7.42. The van der Waals surface area contributed by atoms with Gasteiger partial charge in [-0.25, -0.2) is 9.59 Å². The normalized spacial score (nSPS) is 15.8. The SMILES string of the molecule is CCCCCCCCCCCCC[N+](C(CCC)C(=O)[O-])(C(CCC)C(=O)O)C(CCC)C(=O)O. The van der Waals surface area contributed by atoms with Gasteiger partial charge in [0.1, 0.15) is 6.04 Å². The van der Waals surface area contributed by atoms with Gasteiger partial charge in [-0.05, 0) is 25.7 Å². The van der Waals surface area contributed by atoms with Crippen molar-refractivity contribution in [2.75, 3.05) is 6.54 Å². The minimum Gasteiger partial charge on any atom is -0.544 e. The number of quaternary nitrogens is 1. The molecule has 0 aliphatic carbocycles. The summed E-state index contributed by atoms with van der Waals surface area (Å²) >= 11 is 0. The second kappa shape index (κ2) is 19.5. The lowest BCUT2D eigenvalue weighted by molar-refractivity contribution is -0.975. The van der Waals surface area contributed by atoms with E-state index in [1.54, 1.807) is 0 Å². The molecule has 2 N–H and O–H groups in total. The summed E-state index contributed by atoms with van der Waals surface area (Å²) in [5.74, 6) is -3.56. The van der Waals surface area contributed by atoms with E-state index < -0.39 is 40.5 Å². The molecule has 0 aliphatic heterocycles. The van der Waals surface area contributed by atoms with Gasteiger partial charge in [-0.1, -0.05) is 91.9 Å². The first kappa shape index (κ1) is 33.4. The molecule has 0 aromatic heterocycles. The Morgan fingerprint density at radius 2 is 0.914 bits per heavy atom. The Bertz CT molecular complexity index is 534. The zero-order chi connectivity index (χ0) is 26.7. The Kier molecular flexibility index (Phi) is 18.6. The molecule has 206 valence electrons. The third-order valence-corrected chi connectivity index (χ3v) is 7.42. The van der Waals surface area contributed by atoms with Gasteiger partial charge in [0.05, 0.1) is 12.5 Å². The van der Waals surface area contributed by atoms with Crippen LogP contribution in [0.3, 0.4) is 0 Å². The highest BCUT2D eigenvalue weighted by Crippen LogP contribution is 2.34. The maximum atomic E-state index is 12.5. The molecule has 0 saturated carbocycles. The minimum atomic E-state index is -1.33. The van der Waals surface area contributed by atoms with E-state index in [2.05, 4.69) is 6.92 Å². The van der Waals surface area contributed by atoms with E-state index in [0.717, 1.165) is 19.3 Å². The van der Waals surface area contributed by atoms with Gasteiger partial charge in [0.2, 0.25) is 0 Å². The molecule has 7 nitrogen and oxygen atoms in total. The fraction of sp³-hybridized carbons (Fsp3) is 0.893. The predicted molar refractivity (Wildman–Crippen MR) is 138 cm³/mol. The highest BCUT2D eigenvalue weighted by atomic mass is 16.4. The van der Waals surface area contributed by atoms with Crippen LogP contribution < -0.4 is 5.11 Å². The zero-order valence-electron chi connectivity index (χ0n) is 22.9. The number of aliphatic carboxylic acids is 3. The van der Waals surface area contributed by atoms with Crippen LogP contribution in [0.4, 0.5) is 0 Å². The van der Waals surface area contributed by atoms with E-state index >= 15 is 0 Å². The predicted octanol–water partition coefficient (Wildman–Crippen LogP) is 5.54. The largest absolute Gasteiger partial charge is 0.544 e. The van der Waals surface area contributed by atoms with E-state index in [1.165, 1.54) is 44.9 Å². The summed E-state index contributed by atoms with van der Waals surface area (Å²) in [7, 11) is 0. The number of carboxylic acids is 3. The van der Waals surface area contributed by atoms with Gasteiger partial charge in [-0.2, -0.15) is 0 Å². The molecular formula is C28H53NO6. The van der Waals surface area contributed by atoms with Crippen molar-refractivity contribution in [1.82, 2.24) is 0 Å². The van der Waals surface area contributed by atoms with E-state index in [9.17, 15) is 29.7 Å². The summed E-state index contributed by atoms with van der Waals surface area (Å²) in [6, 6.07) is -3.31. The van der Waals surface area contributed by atoms with Crippen molar-refractivity contribution in [3.05, 3.63) is 0 Å². The highest BCUT2D eigenvalue weighted by molar-refractivity contribution is 5.77. The molecule has 0 aromatic carbocycles. The van der Waals surface area contributed by atoms with Gasteiger partial charge >= 0.3 is 11.9 Å². The second-order valence-corrected chi connectivity index (χ2v) is 10.2. The standard InChI is InChI=1S/C28H53NO6/c1-5-9-10-11-12-13-14-15-16-17-18-22-29(23(19-6-2)26(30)31,24(20-7-3)27(32)33)25(21-8-4)28(34)35/h23-25H,5-22H2,1-4H3,(H2-,30,31,32,33,34,35). The lowest BCUT2D eigenvalue weighted by atomic mass is 9.91. The van der Waals surface area contributed by atoms with Crippen LogP contribution in [0.15, 0.2) is 0 Å². The molecule has 7 heteroatoms. The summed E-state index contributed by atoms with van der Waals surface area (Å²) in [4.78, 5) is 37.3. The number of rotatable bonds is 24. The lowest BCUT2D eigenvalue weighted by Gasteiger charge is -2.52. The Morgan fingerprint density at radius 3 is 1.23 bits per heavy atom. The van der Waals surface area contributed by atoms with Crippen LogP contribution in [-0.2, 0) is 14.4 Å². The molecule has 35 heavy (non-hydrogen) atoms. The number of carbonyl (C=O) groups excluding carboxylic acids is 1. The molecule has 0 amide bonds. The van der Waals surface area contributed by atoms with Gasteiger partial charge in [0.25, 0.3) is 0 Å². The van der Waals surface area contributed by atoms with Crippen molar-refractivity contribution in [3.8, 4) is 0 Å². The average molecular weight is 500 g/mol. The van der Waals surface area contributed by atoms with Crippen molar-refractivity contribution < 1.29 is 34.2 Å². The third kappa shape index (κ3) is 11.3. The summed E-state index contributed by atoms with van der Waals surface area (Å²) in [5, 5.41) is 32.8. The number of carbonyl (C=O) groups is 3. The van der Waals surface area contributed by atoms with Crippen molar-refractivity contribution in [2.45, 2.75) is 155 Å². The van der Waals surface area contributed by atoms with Gasteiger partial charge in [0.15, 0.2) is 12.1 Å². The summed E-state index contributed by atoms with van der Waals surface area (Å²) in [6.45, 7) is 8.01. The van der Waals surface area contributed by atoms with Crippen molar-refractivity contribution in [3.63, 3.8) is 0 Å². The zero-order valence-corrected chi connectivity index (χ0v) is 22.9. The number of hydrogen-bond donors (Lipinski definition) is 2. The van der Waals surface area contributed by atoms with E-state index in [0.29, 0.717) is 25.7 Å². The van der Waals surface area contributed by atoms with Crippen LogP contribution in [0, 0.1) is 0 Å². The smallest absolute Gasteiger partial charge is 0.362 e. The molecule has 3 atom stereocenters. The van der Waals surface area contributed by atoms with Crippen LogP contribution >= 0.6 is 0 Å². The second-order valence-electron chi connectivity index (χ2n) is 10.2. The van der Waals surface area contributed by atoms with E-state index in [-0.39, 0.29) is 25.8 Å². The fourth-order valence-electron chi connectivity index (χ4n) is 5.68. The Morgan fingerprint density at radius 1 is 0.571 bits per heavy atom. The van der Waals surface area contributed by atoms with Crippen LogP contribution in [0.2, 0.25) is 0 Å². The number of hydrogen-bond acceptors (Lipinski definition) is 4. The molecule has 0 aliphatic rings. The van der Waals surface area contributed by atoms with Gasteiger partial charge < -0.3 is 20.1 Å². The average Bonchev–Trinajstić information content (AvgIpc) is 2.81. The maximum absolute atomic E-state index is 12.5. The molecule has 0 fully saturated rings. The van der Waals surface area contributed by atoms with Crippen LogP contribution in [0.5, 0.6) is 0 Å². The van der Waals surface area contributed by atoms with Crippen LogP contribution in [-0.4, -0.2) is 57.3 Å². The Hall–Kier alpha value is -1.63. The van der Waals surface area contributed by atoms with Crippen molar-refractivity contribution in [1.29, 1.82) is 0 Å². The molecule has 0 rings (SSSR count). The molecule has 0 saturated heterocycles. The van der Waals surface area contributed by atoms with Crippen molar-refractivity contribution in [2.24, 2.45) is 0 Å². The number of unbranched alkanes of at least 4 members (excludes halogenated alkanes) is 10. The first-order chi connectivity index (χ1) is 16.7. The quantitative estimate of drug-likeness (QED) is 0.133. The molecule has 0 bridgehead atoms. The molecule has 0 spiro atoms. The molecule has 0 aromatic rings. The monoisotopic (exact) mass is 499 g/mol. The van der Waals surface area contributed by atoms with E-state index in [1.807, 2.05) is 20.8 Å². The van der Waals surface area contributed by atoms with Gasteiger partial charge in [-0.3, -0.25) is 4.48 Å². The number of nitrogens with zero attached hydrogens (tertiary/aromatic N) is 1. The van der Waals surface area contributed by atoms with Crippen LogP contribution in [0.1, 0.15) is 137 Å². The molecule has 3 unspecified atom stereocenters. The van der Waals surface area contributed by atoms with Gasteiger partial charge in [-0.15, -0.1) is 0 Å². The van der Waals surface area contributed by atoms with Crippen molar-refractivity contribution >= 4 is 17.9 Å². The van der Waals surface area contributed by atoms with Crippen LogP contribution in [0.25, 0.3) is 0 Å². The first-order valence-electron chi connectivity index (χ1n) is 14.3. The number of carboxylic acid groups (broad SMARTS) is 3. The Labute approximate surface area is 213 Å². The fourth-order valence-corrected chi connectivity index (χ4v) is 5.68. The van der Waals surface area contributed by atoms with Gasteiger partial charge in [0, 0.05) is 19.3 Å². The highest BCUT2D eigenvalue weighted by Gasteiger charge is 2.54.